The number of para-hydroxylation sites is 1. The molecule has 0 aromatic heterocycles. The van der Waals surface area contributed by atoms with E-state index in [4.69, 9.17) is 23.7 Å². The molecule has 2 aromatic carbocycles. The van der Waals surface area contributed by atoms with Crippen molar-refractivity contribution in [3.63, 3.8) is 0 Å². The summed E-state index contributed by atoms with van der Waals surface area (Å²) in [5.41, 5.74) is 1.34. The van der Waals surface area contributed by atoms with Crippen LogP contribution in [0, 0.1) is 0 Å². The fraction of sp³-hybridized carbons (Fsp3) is 0.200. The number of esters is 1. The van der Waals surface area contributed by atoms with Crippen molar-refractivity contribution in [2.24, 2.45) is 4.99 Å². The van der Waals surface area contributed by atoms with Gasteiger partial charge in [0.15, 0.2) is 17.2 Å². The largest absolute Gasteiger partial charge is 0.496 e. The predicted molar refractivity (Wildman–Crippen MR) is 99.7 cm³/mol. The number of benzene rings is 2. The van der Waals surface area contributed by atoms with Gasteiger partial charge in [-0.25, -0.2) is 9.79 Å². The minimum Gasteiger partial charge on any atom is -0.496 e. The molecule has 0 radical (unpaired) electrons. The summed E-state index contributed by atoms with van der Waals surface area (Å²) >= 11 is 0. The first-order valence-corrected chi connectivity index (χ1v) is 8.07. The lowest BCUT2D eigenvalue weighted by atomic mass is 10.1. The summed E-state index contributed by atoms with van der Waals surface area (Å²) in [6, 6.07) is 10.6. The molecule has 140 valence electrons. The molecule has 0 aliphatic carbocycles. The van der Waals surface area contributed by atoms with Gasteiger partial charge in [0.1, 0.15) is 5.75 Å². The van der Waals surface area contributed by atoms with E-state index in [1.165, 1.54) is 21.3 Å². The topological polar surface area (TPSA) is 75.6 Å². The maximum atomic E-state index is 12.3. The van der Waals surface area contributed by atoms with E-state index in [1.54, 1.807) is 37.5 Å². The summed E-state index contributed by atoms with van der Waals surface area (Å²) in [6.45, 7) is 0. The smallest absolute Gasteiger partial charge is 0.363 e. The first-order valence-electron chi connectivity index (χ1n) is 8.07. The zero-order valence-electron chi connectivity index (χ0n) is 15.4. The standard InChI is InChI=1S/C20H19NO6/c1-23-15-8-6-5-7-13(15)19-21-14(20(22)27-19)11-12-9-10-16(24-2)18(26-4)17(12)25-3/h5-11H,1-4H3/b14-11-. The minimum absolute atomic E-state index is 0.140. The minimum atomic E-state index is -0.562. The van der Waals surface area contributed by atoms with Crippen LogP contribution >= 0.6 is 0 Å². The second kappa shape index (κ2) is 7.82. The molecule has 0 atom stereocenters. The summed E-state index contributed by atoms with van der Waals surface area (Å²) in [6.07, 6.45) is 1.57. The van der Waals surface area contributed by atoms with Crippen LogP contribution in [0.5, 0.6) is 23.0 Å². The van der Waals surface area contributed by atoms with E-state index in [1.807, 2.05) is 12.1 Å². The molecular formula is C20H19NO6. The Balaban J connectivity index is 2.05. The first kappa shape index (κ1) is 18.3. The summed E-state index contributed by atoms with van der Waals surface area (Å²) in [7, 11) is 6.10. The van der Waals surface area contributed by atoms with Crippen molar-refractivity contribution in [1.29, 1.82) is 0 Å². The Kier molecular flexibility index (Phi) is 5.30. The van der Waals surface area contributed by atoms with E-state index in [0.29, 0.717) is 34.1 Å². The third kappa shape index (κ3) is 3.44. The van der Waals surface area contributed by atoms with Gasteiger partial charge in [-0.15, -0.1) is 0 Å². The average Bonchev–Trinajstić information content (AvgIpc) is 3.07. The van der Waals surface area contributed by atoms with Crippen molar-refractivity contribution in [2.75, 3.05) is 28.4 Å². The molecule has 1 aliphatic rings. The number of methoxy groups -OCH3 is 4. The van der Waals surface area contributed by atoms with Gasteiger partial charge in [0.25, 0.3) is 0 Å². The van der Waals surface area contributed by atoms with Crippen LogP contribution in [0.3, 0.4) is 0 Å². The summed E-state index contributed by atoms with van der Waals surface area (Å²) in [4.78, 5) is 16.6. The summed E-state index contributed by atoms with van der Waals surface area (Å²) in [5.74, 6) is 1.56. The van der Waals surface area contributed by atoms with E-state index < -0.39 is 5.97 Å². The van der Waals surface area contributed by atoms with Gasteiger partial charge in [0.2, 0.25) is 11.6 Å². The molecule has 0 saturated carbocycles. The monoisotopic (exact) mass is 369 g/mol. The maximum Gasteiger partial charge on any atom is 0.363 e. The Morgan fingerprint density at radius 3 is 2.22 bits per heavy atom. The van der Waals surface area contributed by atoms with Crippen LogP contribution in [-0.2, 0) is 9.53 Å². The molecule has 1 heterocycles. The van der Waals surface area contributed by atoms with Crippen molar-refractivity contribution in [1.82, 2.24) is 0 Å². The van der Waals surface area contributed by atoms with Gasteiger partial charge in [-0.05, 0) is 30.3 Å². The van der Waals surface area contributed by atoms with Gasteiger partial charge >= 0.3 is 5.97 Å². The highest BCUT2D eigenvalue weighted by atomic mass is 16.6. The molecule has 7 heteroatoms. The van der Waals surface area contributed by atoms with Crippen LogP contribution in [0.1, 0.15) is 11.1 Å². The Bertz CT molecular complexity index is 932. The van der Waals surface area contributed by atoms with Crippen LogP contribution in [0.25, 0.3) is 6.08 Å². The van der Waals surface area contributed by atoms with Gasteiger partial charge in [0.05, 0.1) is 34.0 Å². The van der Waals surface area contributed by atoms with Crippen molar-refractivity contribution in [3.8, 4) is 23.0 Å². The number of cyclic esters (lactones) is 1. The number of rotatable bonds is 6. The van der Waals surface area contributed by atoms with Crippen molar-refractivity contribution >= 4 is 17.9 Å². The third-order valence-corrected chi connectivity index (χ3v) is 3.98. The lowest BCUT2D eigenvalue weighted by Gasteiger charge is -2.14. The molecular weight excluding hydrogens is 350 g/mol. The fourth-order valence-electron chi connectivity index (χ4n) is 2.73. The molecule has 2 aromatic rings. The normalized spacial score (nSPS) is 14.6. The molecule has 0 saturated heterocycles. The molecule has 0 spiro atoms. The number of nitrogens with zero attached hydrogens (tertiary/aromatic N) is 1. The molecule has 0 fully saturated rings. The number of hydrogen-bond acceptors (Lipinski definition) is 7. The van der Waals surface area contributed by atoms with Crippen LogP contribution in [0.4, 0.5) is 0 Å². The van der Waals surface area contributed by atoms with Crippen LogP contribution in [0.2, 0.25) is 0 Å². The molecule has 27 heavy (non-hydrogen) atoms. The molecule has 7 nitrogen and oxygen atoms in total. The highest BCUT2D eigenvalue weighted by Crippen LogP contribution is 2.41. The van der Waals surface area contributed by atoms with E-state index >= 15 is 0 Å². The predicted octanol–water partition coefficient (Wildman–Crippen LogP) is 3.07. The molecule has 0 N–H and O–H groups in total. The average molecular weight is 369 g/mol. The van der Waals surface area contributed by atoms with Crippen molar-refractivity contribution in [2.45, 2.75) is 0 Å². The van der Waals surface area contributed by atoms with Gasteiger partial charge in [-0.3, -0.25) is 0 Å². The molecule has 0 bridgehead atoms. The highest BCUT2D eigenvalue weighted by Gasteiger charge is 2.27. The van der Waals surface area contributed by atoms with E-state index in [0.717, 1.165) is 0 Å². The van der Waals surface area contributed by atoms with Gasteiger partial charge in [-0.2, -0.15) is 0 Å². The fourth-order valence-corrected chi connectivity index (χ4v) is 2.73. The highest BCUT2D eigenvalue weighted by molar-refractivity contribution is 6.13. The molecule has 1 aliphatic heterocycles. The summed E-state index contributed by atoms with van der Waals surface area (Å²) in [5, 5.41) is 0. The zero-order valence-corrected chi connectivity index (χ0v) is 15.4. The van der Waals surface area contributed by atoms with Gasteiger partial charge in [0, 0.05) is 5.56 Å². The number of ether oxygens (including phenoxy) is 5. The van der Waals surface area contributed by atoms with Gasteiger partial charge < -0.3 is 23.7 Å². The van der Waals surface area contributed by atoms with Crippen molar-refractivity contribution < 1.29 is 28.5 Å². The maximum absolute atomic E-state index is 12.3. The summed E-state index contributed by atoms with van der Waals surface area (Å²) < 4.78 is 26.7. The second-order valence-electron chi connectivity index (χ2n) is 5.46. The van der Waals surface area contributed by atoms with E-state index in [9.17, 15) is 4.79 Å². The number of carbonyl (C=O) groups is 1. The molecule has 0 unspecified atom stereocenters. The Labute approximate surface area is 156 Å². The number of hydrogen-bond donors (Lipinski definition) is 0. The lowest BCUT2D eigenvalue weighted by molar-refractivity contribution is -0.129. The van der Waals surface area contributed by atoms with Crippen LogP contribution in [-0.4, -0.2) is 40.3 Å². The quantitative estimate of drug-likeness (QED) is 0.575. The Hall–Kier alpha value is -3.48. The lowest BCUT2D eigenvalue weighted by Crippen LogP contribution is -2.06. The van der Waals surface area contributed by atoms with Crippen LogP contribution in [0.15, 0.2) is 47.1 Å². The Morgan fingerprint density at radius 1 is 0.852 bits per heavy atom. The van der Waals surface area contributed by atoms with Gasteiger partial charge in [-0.1, -0.05) is 12.1 Å². The zero-order chi connectivity index (χ0) is 19.4. The second-order valence-corrected chi connectivity index (χ2v) is 5.46. The number of carbonyl (C=O) groups excluding carboxylic acids is 1. The number of aliphatic imine (C=N–C) groups is 1. The molecule has 3 rings (SSSR count). The van der Waals surface area contributed by atoms with E-state index in [2.05, 4.69) is 4.99 Å². The third-order valence-electron chi connectivity index (χ3n) is 3.98. The Morgan fingerprint density at radius 2 is 1.56 bits per heavy atom. The van der Waals surface area contributed by atoms with Crippen molar-refractivity contribution in [3.05, 3.63) is 53.2 Å². The van der Waals surface area contributed by atoms with Crippen LogP contribution < -0.4 is 18.9 Å². The molecule has 0 amide bonds. The SMILES string of the molecule is COc1ccccc1C1=N/C(=C\c2ccc(OC)c(OC)c2OC)C(=O)O1. The van der Waals surface area contributed by atoms with E-state index in [-0.39, 0.29) is 11.6 Å². The first-order chi connectivity index (χ1) is 13.1.